The second-order valence-electron chi connectivity index (χ2n) is 4.32. The first-order chi connectivity index (χ1) is 9.34. The fourth-order valence-electron chi connectivity index (χ4n) is 1.74. The molecule has 2 aromatic carbocycles. The molecule has 0 aliphatic rings. The maximum Gasteiger partial charge on any atom is 0.119 e. The molecule has 2 nitrogen and oxygen atoms in total. The first-order valence-corrected chi connectivity index (χ1v) is 7.55. The molecule has 0 fully saturated rings. The monoisotopic (exact) mass is 367 g/mol. The molecule has 100 valence electrons. The third-order valence-electron chi connectivity index (χ3n) is 2.75. The molecule has 0 aliphatic carbocycles. The lowest BCUT2D eigenvalue weighted by Crippen LogP contribution is -2.17. The van der Waals surface area contributed by atoms with E-state index >= 15 is 0 Å². The predicted molar refractivity (Wildman–Crippen MR) is 87.4 cm³/mol. The van der Waals surface area contributed by atoms with Crippen molar-refractivity contribution in [3.63, 3.8) is 0 Å². The molecule has 2 rings (SSSR count). The third kappa shape index (κ3) is 5.61. The Morgan fingerprint density at radius 3 is 2.42 bits per heavy atom. The van der Waals surface area contributed by atoms with Crippen LogP contribution in [0.5, 0.6) is 5.75 Å². The van der Waals surface area contributed by atoms with Gasteiger partial charge in [0.15, 0.2) is 0 Å². The Morgan fingerprint density at radius 2 is 1.68 bits per heavy atom. The fourth-order valence-corrected chi connectivity index (χ4v) is 2.10. The largest absolute Gasteiger partial charge is 0.494 e. The second kappa shape index (κ2) is 8.17. The number of ether oxygens (including phenoxy) is 1. The molecule has 0 aromatic heterocycles. The molecule has 2 aromatic rings. The zero-order chi connectivity index (χ0) is 13.3. The molecule has 0 saturated carbocycles. The highest BCUT2D eigenvalue weighted by molar-refractivity contribution is 14.1. The Hall–Kier alpha value is -1.07. The van der Waals surface area contributed by atoms with E-state index in [2.05, 4.69) is 52.2 Å². The quantitative estimate of drug-likeness (QED) is 0.593. The van der Waals surface area contributed by atoms with E-state index in [1.54, 1.807) is 0 Å². The number of para-hydroxylation sites is 1. The van der Waals surface area contributed by atoms with Gasteiger partial charge in [-0.15, -0.1) is 0 Å². The number of halogens is 1. The van der Waals surface area contributed by atoms with Crippen molar-refractivity contribution < 1.29 is 4.74 Å². The van der Waals surface area contributed by atoms with Crippen LogP contribution in [-0.2, 0) is 6.54 Å². The summed E-state index contributed by atoms with van der Waals surface area (Å²) in [6.07, 6.45) is 1.01. The lowest BCUT2D eigenvalue weighted by Gasteiger charge is -2.07. The van der Waals surface area contributed by atoms with Crippen LogP contribution in [0.25, 0.3) is 0 Å². The van der Waals surface area contributed by atoms with Crippen molar-refractivity contribution in [2.45, 2.75) is 13.0 Å². The van der Waals surface area contributed by atoms with Gasteiger partial charge in [0, 0.05) is 10.1 Å². The van der Waals surface area contributed by atoms with Crippen LogP contribution >= 0.6 is 22.6 Å². The standard InChI is InChI=1S/C16H18INO/c17-15-9-7-14(8-10-15)13-18-11-4-12-19-16-5-2-1-3-6-16/h1-3,5-10,18H,4,11-13H2. The van der Waals surface area contributed by atoms with E-state index < -0.39 is 0 Å². The van der Waals surface area contributed by atoms with E-state index in [9.17, 15) is 0 Å². The van der Waals surface area contributed by atoms with Gasteiger partial charge in [-0.05, 0) is 65.4 Å². The van der Waals surface area contributed by atoms with Crippen molar-refractivity contribution in [1.29, 1.82) is 0 Å². The molecule has 0 spiro atoms. The Kier molecular flexibility index (Phi) is 6.17. The molecule has 0 bridgehead atoms. The van der Waals surface area contributed by atoms with Crippen LogP contribution in [0.15, 0.2) is 54.6 Å². The van der Waals surface area contributed by atoms with Crippen molar-refractivity contribution >= 4 is 22.6 Å². The molecule has 3 heteroatoms. The Bertz CT molecular complexity index is 470. The van der Waals surface area contributed by atoms with Gasteiger partial charge < -0.3 is 10.1 Å². The van der Waals surface area contributed by atoms with Crippen molar-refractivity contribution in [3.8, 4) is 5.75 Å². The van der Waals surface area contributed by atoms with Crippen LogP contribution in [0.3, 0.4) is 0 Å². The number of nitrogens with one attached hydrogen (secondary N) is 1. The van der Waals surface area contributed by atoms with Gasteiger partial charge in [-0.1, -0.05) is 30.3 Å². The van der Waals surface area contributed by atoms with Gasteiger partial charge in [-0.2, -0.15) is 0 Å². The fraction of sp³-hybridized carbons (Fsp3) is 0.250. The smallest absolute Gasteiger partial charge is 0.119 e. The Labute approximate surface area is 128 Å². The molecule has 19 heavy (non-hydrogen) atoms. The number of benzene rings is 2. The summed E-state index contributed by atoms with van der Waals surface area (Å²) in [5, 5.41) is 3.42. The van der Waals surface area contributed by atoms with E-state index in [0.717, 1.165) is 31.9 Å². The average molecular weight is 367 g/mol. The molecule has 0 amide bonds. The molecule has 0 radical (unpaired) electrons. The number of hydrogen-bond donors (Lipinski definition) is 1. The molecule has 0 heterocycles. The van der Waals surface area contributed by atoms with Crippen molar-refractivity contribution in [2.75, 3.05) is 13.2 Å². The predicted octanol–water partition coefficient (Wildman–Crippen LogP) is 3.85. The van der Waals surface area contributed by atoms with Gasteiger partial charge in [0.25, 0.3) is 0 Å². The van der Waals surface area contributed by atoms with Crippen molar-refractivity contribution in [1.82, 2.24) is 5.32 Å². The molecule has 0 aliphatic heterocycles. The summed E-state index contributed by atoms with van der Waals surface area (Å²) in [4.78, 5) is 0. The second-order valence-corrected chi connectivity index (χ2v) is 5.56. The highest BCUT2D eigenvalue weighted by atomic mass is 127. The summed E-state index contributed by atoms with van der Waals surface area (Å²) in [6, 6.07) is 18.5. The van der Waals surface area contributed by atoms with Crippen LogP contribution in [0.1, 0.15) is 12.0 Å². The summed E-state index contributed by atoms with van der Waals surface area (Å²) < 4.78 is 6.91. The van der Waals surface area contributed by atoms with Gasteiger partial charge in [-0.25, -0.2) is 0 Å². The SMILES string of the molecule is Ic1ccc(CNCCCOc2ccccc2)cc1. The van der Waals surface area contributed by atoms with E-state index in [4.69, 9.17) is 4.74 Å². The maximum absolute atomic E-state index is 5.63. The molecule has 0 saturated heterocycles. The zero-order valence-corrected chi connectivity index (χ0v) is 13.0. The summed E-state index contributed by atoms with van der Waals surface area (Å²) in [5.74, 6) is 0.945. The molecule has 0 unspecified atom stereocenters. The van der Waals surface area contributed by atoms with Crippen LogP contribution in [-0.4, -0.2) is 13.2 Å². The summed E-state index contributed by atoms with van der Waals surface area (Å²) >= 11 is 2.32. The van der Waals surface area contributed by atoms with Gasteiger partial charge in [-0.3, -0.25) is 0 Å². The van der Waals surface area contributed by atoms with Crippen molar-refractivity contribution in [3.05, 3.63) is 63.7 Å². The zero-order valence-electron chi connectivity index (χ0n) is 10.8. The molecule has 1 N–H and O–H groups in total. The van der Waals surface area contributed by atoms with Crippen LogP contribution in [0, 0.1) is 3.57 Å². The first-order valence-electron chi connectivity index (χ1n) is 6.47. The average Bonchev–Trinajstić information content (AvgIpc) is 2.46. The van der Waals surface area contributed by atoms with Crippen LogP contribution in [0.2, 0.25) is 0 Å². The normalized spacial score (nSPS) is 10.4. The lowest BCUT2D eigenvalue weighted by molar-refractivity contribution is 0.308. The first kappa shape index (κ1) is 14.3. The lowest BCUT2D eigenvalue weighted by atomic mass is 10.2. The van der Waals surface area contributed by atoms with E-state index in [1.165, 1.54) is 9.13 Å². The van der Waals surface area contributed by atoms with Gasteiger partial charge >= 0.3 is 0 Å². The van der Waals surface area contributed by atoms with Crippen LogP contribution < -0.4 is 10.1 Å². The van der Waals surface area contributed by atoms with E-state index in [0.29, 0.717) is 0 Å². The highest BCUT2D eigenvalue weighted by Gasteiger charge is 1.94. The Balaban J connectivity index is 1.56. The molecule has 0 atom stereocenters. The Morgan fingerprint density at radius 1 is 0.947 bits per heavy atom. The van der Waals surface area contributed by atoms with Gasteiger partial charge in [0.05, 0.1) is 6.61 Å². The summed E-state index contributed by atoms with van der Waals surface area (Å²) in [7, 11) is 0. The highest BCUT2D eigenvalue weighted by Crippen LogP contribution is 2.08. The van der Waals surface area contributed by atoms with E-state index in [1.807, 2.05) is 30.3 Å². The molecular weight excluding hydrogens is 349 g/mol. The van der Waals surface area contributed by atoms with E-state index in [-0.39, 0.29) is 0 Å². The maximum atomic E-state index is 5.63. The van der Waals surface area contributed by atoms with Gasteiger partial charge in [0.2, 0.25) is 0 Å². The minimum atomic E-state index is 0.754. The van der Waals surface area contributed by atoms with Gasteiger partial charge in [0.1, 0.15) is 5.75 Å². The van der Waals surface area contributed by atoms with Crippen LogP contribution in [0.4, 0.5) is 0 Å². The van der Waals surface area contributed by atoms with Crippen molar-refractivity contribution in [2.24, 2.45) is 0 Å². The minimum absolute atomic E-state index is 0.754. The number of rotatable bonds is 7. The number of hydrogen-bond acceptors (Lipinski definition) is 2. The minimum Gasteiger partial charge on any atom is -0.494 e. The summed E-state index contributed by atoms with van der Waals surface area (Å²) in [6.45, 7) is 2.64. The molecular formula is C16H18INO. The summed E-state index contributed by atoms with van der Waals surface area (Å²) in [5.41, 5.74) is 1.32. The third-order valence-corrected chi connectivity index (χ3v) is 3.47. The topological polar surface area (TPSA) is 21.3 Å².